The number of aliphatic hydroxyl groups excluding tert-OH is 3. The van der Waals surface area contributed by atoms with Crippen LogP contribution < -0.4 is 0 Å². The molecule has 0 radical (unpaired) electrons. The second kappa shape index (κ2) is 12.5. The number of carbonyl (C=O) groups is 1. The minimum absolute atomic E-state index is 0.0409. The number of benzene rings is 1. The molecule has 6 rings (SSSR count). The second-order valence-electron chi connectivity index (χ2n) is 11.1. The maximum absolute atomic E-state index is 13.0. The molecule has 5 fully saturated rings. The van der Waals surface area contributed by atoms with E-state index >= 15 is 0 Å². The van der Waals surface area contributed by atoms with Crippen molar-refractivity contribution in [2.45, 2.75) is 86.5 Å². The van der Waals surface area contributed by atoms with Crippen molar-refractivity contribution >= 4 is 5.97 Å². The van der Waals surface area contributed by atoms with Crippen molar-refractivity contribution in [2.24, 2.45) is 0 Å². The van der Waals surface area contributed by atoms with E-state index in [0.717, 1.165) is 6.07 Å². The van der Waals surface area contributed by atoms with Crippen LogP contribution in [0.25, 0.3) is 0 Å². The fourth-order valence-corrected chi connectivity index (χ4v) is 6.12. The van der Waals surface area contributed by atoms with Crippen LogP contribution in [0.2, 0.25) is 0 Å². The van der Waals surface area contributed by atoms with Crippen LogP contribution in [-0.2, 0) is 52.1 Å². The number of esters is 1. The minimum atomic E-state index is -1.85. The smallest absolute Gasteiger partial charge is 0.342 e. The first kappa shape index (κ1) is 31.7. The highest BCUT2D eigenvalue weighted by Gasteiger charge is 2.66. The Hall–Kier alpha value is -2.23. The average molecular weight is 633 g/mol. The molecule has 5 aliphatic rings. The molecule has 1 aromatic carbocycles. The summed E-state index contributed by atoms with van der Waals surface area (Å²) in [6.07, 6.45) is -13.6. The summed E-state index contributed by atoms with van der Waals surface area (Å²) >= 11 is 0. The molecule has 0 amide bonds. The van der Waals surface area contributed by atoms with Crippen LogP contribution in [0.1, 0.15) is 15.9 Å². The molecule has 17 heteroatoms. The van der Waals surface area contributed by atoms with Gasteiger partial charge in [0.2, 0.25) is 0 Å². The molecule has 13 atom stereocenters. The predicted octanol–water partition coefficient (Wildman–Crippen LogP) is -2.02. The fourth-order valence-electron chi connectivity index (χ4n) is 6.12. The lowest BCUT2D eigenvalue weighted by Crippen LogP contribution is -2.62. The Labute approximate surface area is 250 Å². The number of hydrogen-bond acceptors (Lipinski definition) is 17. The van der Waals surface area contributed by atoms with E-state index in [0.29, 0.717) is 5.56 Å². The predicted molar refractivity (Wildman–Crippen MR) is 137 cm³/mol. The van der Waals surface area contributed by atoms with E-state index in [1.54, 1.807) is 0 Å². The Kier molecular flexibility index (Phi) is 9.03. The fraction of sp³-hybridized carbons (Fsp3) is 0.741. The summed E-state index contributed by atoms with van der Waals surface area (Å²) in [7, 11) is 2.72. The summed E-state index contributed by atoms with van der Waals surface area (Å²) in [5.41, 5.74) is 0.172. The van der Waals surface area contributed by atoms with Gasteiger partial charge in [0.15, 0.2) is 24.8 Å². The summed E-state index contributed by atoms with van der Waals surface area (Å²) < 4.78 is 62.9. The average Bonchev–Trinajstić information content (AvgIpc) is 3.62. The zero-order valence-electron chi connectivity index (χ0n) is 24.0. The lowest BCUT2D eigenvalue weighted by molar-refractivity contribution is -0.405. The molecule has 2 unspecified atom stereocenters. The van der Waals surface area contributed by atoms with Crippen molar-refractivity contribution in [3.05, 3.63) is 23.3 Å². The van der Waals surface area contributed by atoms with E-state index in [-0.39, 0.29) is 37.9 Å². The van der Waals surface area contributed by atoms with Gasteiger partial charge in [-0.25, -0.2) is 4.79 Å². The molecule has 5 aliphatic heterocycles. The maximum Gasteiger partial charge on any atom is 0.342 e. The second-order valence-corrected chi connectivity index (χ2v) is 11.1. The van der Waals surface area contributed by atoms with Crippen LogP contribution >= 0.6 is 0 Å². The third-order valence-corrected chi connectivity index (χ3v) is 8.27. The highest BCUT2D eigenvalue weighted by atomic mass is 16.9. The molecule has 246 valence electrons. The van der Waals surface area contributed by atoms with E-state index in [1.807, 2.05) is 0 Å². The molecule has 44 heavy (non-hydrogen) atoms. The molecule has 0 aliphatic carbocycles. The van der Waals surface area contributed by atoms with Gasteiger partial charge in [-0.2, -0.15) is 0 Å². The van der Waals surface area contributed by atoms with Crippen LogP contribution in [-0.4, -0.2) is 152 Å². The highest BCUT2D eigenvalue weighted by Crippen LogP contribution is 2.45. The van der Waals surface area contributed by atoms with Crippen molar-refractivity contribution in [3.63, 3.8) is 0 Å². The molecule has 0 aromatic heterocycles. The Morgan fingerprint density at radius 3 is 2.50 bits per heavy atom. The van der Waals surface area contributed by atoms with Crippen LogP contribution in [0.15, 0.2) is 12.1 Å². The summed E-state index contributed by atoms with van der Waals surface area (Å²) in [6.45, 7) is 0.938. The number of fused-ring (bicyclic) bond motifs is 3. The van der Waals surface area contributed by atoms with Crippen LogP contribution in [0.5, 0.6) is 11.5 Å². The number of carbonyl (C=O) groups excluding carboxylic acids is 1. The number of aromatic hydroxyl groups is 2. The summed E-state index contributed by atoms with van der Waals surface area (Å²) in [6, 6.07) is 2.34. The number of hydrogen-bond donors (Lipinski definition) is 5. The van der Waals surface area contributed by atoms with Gasteiger partial charge in [-0.1, -0.05) is 0 Å². The number of ether oxygens (including phenoxy) is 11. The molecule has 17 nitrogen and oxygen atoms in total. The SMILES string of the molecule is COC[C@H]1O[C@@H](O[C@@H]2OC[C@@H]3OC4(OC[C@@H](OC(=O)c5c(C)cc(O)cc5O)[C@@H]5OCOC54)O[C@H]3[C@H]2O)[C@@H](OC)[C@@H](O)[C@@H]1O. The summed E-state index contributed by atoms with van der Waals surface area (Å²) in [5, 5.41) is 52.0. The van der Waals surface area contributed by atoms with Gasteiger partial charge in [0.05, 0.1) is 19.8 Å². The molecule has 5 saturated heterocycles. The Morgan fingerprint density at radius 2 is 1.77 bits per heavy atom. The number of rotatable bonds is 7. The highest BCUT2D eigenvalue weighted by molar-refractivity contribution is 5.94. The van der Waals surface area contributed by atoms with Gasteiger partial charge in [0.1, 0.15) is 72.7 Å². The quantitative estimate of drug-likeness (QED) is 0.205. The lowest BCUT2D eigenvalue weighted by atomic mass is 9.99. The third kappa shape index (κ3) is 5.55. The van der Waals surface area contributed by atoms with Crippen LogP contribution in [0.4, 0.5) is 0 Å². The first-order valence-corrected chi connectivity index (χ1v) is 14.0. The number of aliphatic hydroxyl groups is 3. The van der Waals surface area contributed by atoms with E-state index in [1.165, 1.54) is 27.2 Å². The molecule has 0 saturated carbocycles. The molecule has 1 spiro atoms. The van der Waals surface area contributed by atoms with E-state index in [2.05, 4.69) is 0 Å². The molecule has 1 aromatic rings. The summed E-state index contributed by atoms with van der Waals surface area (Å²) in [4.78, 5) is 13.0. The molecular weight excluding hydrogens is 596 g/mol. The monoisotopic (exact) mass is 632 g/mol. The van der Waals surface area contributed by atoms with Gasteiger partial charge in [-0.05, 0) is 18.6 Å². The zero-order chi connectivity index (χ0) is 31.3. The van der Waals surface area contributed by atoms with E-state index < -0.39 is 91.3 Å². The maximum atomic E-state index is 13.0. The number of phenols is 2. The van der Waals surface area contributed by atoms with E-state index in [4.69, 9.17) is 52.1 Å². The number of aryl methyl sites for hydroxylation is 1. The lowest BCUT2D eigenvalue weighted by Gasteiger charge is -2.44. The number of methoxy groups -OCH3 is 2. The Bertz CT molecular complexity index is 1170. The third-order valence-electron chi connectivity index (χ3n) is 8.27. The van der Waals surface area contributed by atoms with Gasteiger partial charge in [0, 0.05) is 20.3 Å². The standard InChI is InChI=1S/C27H36O17/c1-10-4-11(28)5-12(29)16(10)24(33)40-14-8-39-27(23-21(14)37-9-38-23)43-15-7-36-25(19(32)20(15)44-27)42-26-22(35-3)18(31)17(30)13(41-26)6-34-2/h4-5,13-15,17-23,25-26,28-32H,6-9H2,1-3H3/t13-,14-,15+,17-,18+,19-,20-,21+,22+,23?,25+,26+,27?/m1/s1. The van der Waals surface area contributed by atoms with Crippen molar-refractivity contribution in [2.75, 3.05) is 40.8 Å². The summed E-state index contributed by atoms with van der Waals surface area (Å²) in [5.74, 6) is -3.38. The normalized spacial score (nSPS) is 43.5. The van der Waals surface area contributed by atoms with Crippen LogP contribution in [0.3, 0.4) is 0 Å². The molecular formula is C27H36O17. The topological polar surface area (TPSA) is 220 Å². The van der Waals surface area contributed by atoms with Crippen LogP contribution in [0, 0.1) is 6.92 Å². The van der Waals surface area contributed by atoms with Gasteiger partial charge in [-0.15, -0.1) is 0 Å². The molecule has 5 heterocycles. The first-order valence-electron chi connectivity index (χ1n) is 14.0. The molecule has 5 N–H and O–H groups in total. The van der Waals surface area contributed by atoms with Crippen molar-refractivity contribution < 1.29 is 82.4 Å². The van der Waals surface area contributed by atoms with Gasteiger partial charge >= 0.3 is 11.9 Å². The zero-order valence-corrected chi connectivity index (χ0v) is 24.0. The first-order chi connectivity index (χ1) is 21.1. The largest absolute Gasteiger partial charge is 0.508 e. The van der Waals surface area contributed by atoms with Crippen molar-refractivity contribution in [3.8, 4) is 11.5 Å². The van der Waals surface area contributed by atoms with Crippen molar-refractivity contribution in [1.29, 1.82) is 0 Å². The van der Waals surface area contributed by atoms with Gasteiger partial charge in [-0.3, -0.25) is 0 Å². The van der Waals surface area contributed by atoms with Crippen molar-refractivity contribution in [1.82, 2.24) is 0 Å². The number of phenolic OH excluding ortho intramolecular Hbond substituents is 2. The van der Waals surface area contributed by atoms with E-state index in [9.17, 15) is 30.3 Å². The molecule has 0 bridgehead atoms. The van der Waals surface area contributed by atoms with Gasteiger partial charge in [0.25, 0.3) is 0 Å². The minimum Gasteiger partial charge on any atom is -0.508 e. The Balaban J connectivity index is 1.13. The Morgan fingerprint density at radius 1 is 0.977 bits per heavy atom. The van der Waals surface area contributed by atoms with Gasteiger partial charge < -0.3 is 77.6 Å².